The summed E-state index contributed by atoms with van der Waals surface area (Å²) in [7, 11) is 6.12. The number of carbonyl (C=O) groups is 3. The van der Waals surface area contributed by atoms with Crippen molar-refractivity contribution in [3.8, 4) is 63.6 Å². The van der Waals surface area contributed by atoms with E-state index in [2.05, 4.69) is 26.7 Å². The first-order chi connectivity index (χ1) is 51.5. The quantitative estimate of drug-likeness (QED) is 0.0245. The normalized spacial score (nSPS) is 11.6. The number of hydrogen-bond acceptors (Lipinski definition) is 20. The van der Waals surface area contributed by atoms with Crippen molar-refractivity contribution in [3.63, 3.8) is 0 Å². The Morgan fingerprint density at radius 1 is 0.443 bits per heavy atom. The third-order valence-electron chi connectivity index (χ3n) is 15.9. The zero-order chi connectivity index (χ0) is 75.4. The standard InChI is InChI=1S/C29H28N2O6.C27H26N2O6.C27H26N2O5/c1-20-16-27(31-37-20)26-17-25(14-10-22(26)11-15-29(32)33)35-18-21-8-12-24(13-9-21)36-19-28(30-34-2)23-6-4-3-5-7-23;1-32-23-11-7-21(8-12-23)26(29-33-2)18-35-24-9-3-19(4-10-24)17-34-25-13-5-20(6-14-25)22(16-28)15-27(30)31;1-19-14-24(12-13-25(19)22(16-28)15-27(30)31)33-17-20-8-10-23(11-9-20)34-18-26(29-32-2)21-6-4-3-5-7-21/h3-10,12-14,16-17H,11,15,18-19H2,1-2H3,(H,32,33);3-14,22H,15,17-18H2,1-2H3,(H,30,31);3-14,22H,15,17-18H2,1-2H3,(H,30,31)/b30-28+;2*29-26+. The molecule has 0 bridgehead atoms. The van der Waals surface area contributed by atoms with Crippen LogP contribution in [0.15, 0.2) is 244 Å². The minimum atomic E-state index is -1.01. The molecule has 0 saturated heterocycles. The summed E-state index contributed by atoms with van der Waals surface area (Å²) in [4.78, 5) is 47.8. The van der Waals surface area contributed by atoms with E-state index >= 15 is 0 Å². The van der Waals surface area contributed by atoms with E-state index in [4.69, 9.17) is 67.5 Å². The predicted octanol–water partition coefficient (Wildman–Crippen LogP) is 15.5. The number of rotatable bonds is 35. The van der Waals surface area contributed by atoms with Crippen LogP contribution in [0, 0.1) is 36.5 Å². The van der Waals surface area contributed by atoms with Gasteiger partial charge in [0.2, 0.25) is 0 Å². The van der Waals surface area contributed by atoms with Crippen molar-refractivity contribution < 1.29 is 81.9 Å². The van der Waals surface area contributed by atoms with Gasteiger partial charge in [0, 0.05) is 34.7 Å². The molecule has 10 rings (SSSR count). The minimum absolute atomic E-state index is 0.0304. The number of methoxy groups -OCH3 is 1. The summed E-state index contributed by atoms with van der Waals surface area (Å²) in [5, 5.41) is 61.7. The third kappa shape index (κ3) is 25.3. The van der Waals surface area contributed by atoms with Crippen molar-refractivity contribution in [2.45, 2.75) is 71.2 Å². The predicted molar refractivity (Wildman–Crippen MR) is 397 cm³/mol. The van der Waals surface area contributed by atoms with Gasteiger partial charge in [-0.05, 0) is 156 Å². The van der Waals surface area contributed by atoms with E-state index in [1.807, 2.05) is 208 Å². The second-order valence-electron chi connectivity index (χ2n) is 23.5. The molecule has 2 unspecified atom stereocenters. The van der Waals surface area contributed by atoms with Crippen LogP contribution in [-0.2, 0) is 55.1 Å². The van der Waals surface area contributed by atoms with Crippen LogP contribution in [0.5, 0.6) is 40.2 Å². The highest BCUT2D eigenvalue weighted by molar-refractivity contribution is 6.02. The van der Waals surface area contributed by atoms with Gasteiger partial charge in [0.15, 0.2) is 0 Å². The number of oxime groups is 3. The van der Waals surface area contributed by atoms with Gasteiger partial charge in [0.25, 0.3) is 0 Å². The summed E-state index contributed by atoms with van der Waals surface area (Å²) in [5.41, 5.74) is 12.1. The molecule has 9 aromatic carbocycles. The summed E-state index contributed by atoms with van der Waals surface area (Å²) >= 11 is 0. The van der Waals surface area contributed by atoms with Crippen LogP contribution >= 0.6 is 0 Å². The van der Waals surface area contributed by atoms with Crippen molar-refractivity contribution in [2.75, 3.05) is 48.3 Å². The van der Waals surface area contributed by atoms with E-state index in [1.54, 1.807) is 43.5 Å². The van der Waals surface area contributed by atoms with Gasteiger partial charge in [-0.15, -0.1) is 0 Å². The van der Waals surface area contributed by atoms with Crippen molar-refractivity contribution in [3.05, 3.63) is 286 Å². The lowest BCUT2D eigenvalue weighted by Gasteiger charge is -2.13. The van der Waals surface area contributed by atoms with Crippen LogP contribution < -0.4 is 33.2 Å². The number of benzene rings is 9. The number of nitriles is 2. The third-order valence-corrected chi connectivity index (χ3v) is 15.9. The molecule has 0 spiro atoms. The molecule has 10 aromatic rings. The molecule has 0 aliphatic carbocycles. The molecule has 23 heteroatoms. The second kappa shape index (κ2) is 41.5. The fourth-order valence-electron chi connectivity index (χ4n) is 10.4. The molecule has 1 aromatic heterocycles. The average molecular weight is 1430 g/mol. The first-order valence-corrected chi connectivity index (χ1v) is 33.3. The number of carboxylic acid groups (broad SMARTS) is 3. The first kappa shape index (κ1) is 78.3. The Kier molecular flexibility index (Phi) is 30.7. The van der Waals surface area contributed by atoms with Crippen molar-refractivity contribution >= 4 is 35.0 Å². The van der Waals surface area contributed by atoms with Crippen molar-refractivity contribution in [1.29, 1.82) is 10.5 Å². The molecular formula is C83H80N6O17. The van der Waals surface area contributed by atoms with Crippen LogP contribution in [0.1, 0.15) is 92.5 Å². The largest absolute Gasteiger partial charge is 0.497 e. The molecule has 2 atom stereocenters. The smallest absolute Gasteiger partial charge is 0.305 e. The van der Waals surface area contributed by atoms with E-state index in [0.717, 1.165) is 55.8 Å². The van der Waals surface area contributed by atoms with Crippen LogP contribution in [0.4, 0.5) is 0 Å². The zero-order valence-electron chi connectivity index (χ0n) is 59.3. The highest BCUT2D eigenvalue weighted by atomic mass is 16.6. The molecule has 0 aliphatic heterocycles. The molecule has 3 N–H and O–H groups in total. The van der Waals surface area contributed by atoms with Gasteiger partial charge in [-0.25, -0.2) is 0 Å². The average Bonchev–Trinajstić information content (AvgIpc) is 1.52. The van der Waals surface area contributed by atoms with Gasteiger partial charge < -0.3 is 67.5 Å². The van der Waals surface area contributed by atoms with Crippen LogP contribution in [-0.4, -0.2) is 104 Å². The van der Waals surface area contributed by atoms with Gasteiger partial charge in [-0.1, -0.05) is 142 Å². The highest BCUT2D eigenvalue weighted by Crippen LogP contribution is 2.31. The maximum Gasteiger partial charge on any atom is 0.305 e. The zero-order valence-corrected chi connectivity index (χ0v) is 59.3. The van der Waals surface area contributed by atoms with Crippen LogP contribution in [0.2, 0.25) is 0 Å². The highest BCUT2D eigenvalue weighted by Gasteiger charge is 2.20. The van der Waals surface area contributed by atoms with E-state index in [-0.39, 0.29) is 39.1 Å². The lowest BCUT2D eigenvalue weighted by atomic mass is 9.93. The Bertz CT molecular complexity index is 4610. The maximum atomic E-state index is 11.1. The van der Waals surface area contributed by atoms with Crippen LogP contribution in [0.3, 0.4) is 0 Å². The van der Waals surface area contributed by atoms with Gasteiger partial charge >= 0.3 is 17.9 Å². The molecule has 0 aliphatic rings. The minimum Gasteiger partial charge on any atom is -0.497 e. The van der Waals surface area contributed by atoms with Gasteiger partial charge in [0.1, 0.15) is 130 Å². The summed E-state index contributed by atoms with van der Waals surface area (Å²) in [6.07, 6.45) is -0.0395. The van der Waals surface area contributed by atoms with E-state index in [9.17, 15) is 24.9 Å². The fraction of sp³-hybridized carbons (Fsp3) is 0.217. The Balaban J connectivity index is 0.000000201. The molecular weight excluding hydrogens is 1350 g/mol. The molecule has 23 nitrogen and oxygen atoms in total. The Morgan fingerprint density at radius 2 is 0.840 bits per heavy atom. The van der Waals surface area contributed by atoms with E-state index in [0.29, 0.717) is 100 Å². The molecule has 0 fully saturated rings. The fourth-order valence-corrected chi connectivity index (χ4v) is 10.4. The molecule has 0 amide bonds. The Labute approximate surface area is 614 Å². The second-order valence-corrected chi connectivity index (χ2v) is 23.5. The van der Waals surface area contributed by atoms with Crippen LogP contribution in [0.25, 0.3) is 11.3 Å². The number of nitrogens with zero attached hydrogens (tertiary/aromatic N) is 6. The summed E-state index contributed by atoms with van der Waals surface area (Å²) in [5.74, 6) is 1.21. The monoisotopic (exact) mass is 1430 g/mol. The van der Waals surface area contributed by atoms with Crippen molar-refractivity contribution in [1.82, 2.24) is 5.16 Å². The SMILES string of the molecule is CO/N=C(\COc1ccc(COc2ccc(C(C#N)CC(=O)O)c(C)c2)cc1)c1ccccc1.CO/N=C(\COc1ccc(COc2ccc(C(C#N)CC(=O)O)cc2)cc1)c1ccc(OC)cc1.CO/N=C(\COc1ccc(COc2ccc(CCC(=O)O)c(-c3cc(C)on3)c2)cc1)c1ccccc1. The number of ether oxygens (including phenoxy) is 7. The van der Waals surface area contributed by atoms with Gasteiger partial charge in [-0.2, -0.15) is 10.5 Å². The van der Waals surface area contributed by atoms with Gasteiger partial charge in [0.05, 0.1) is 43.9 Å². The lowest BCUT2D eigenvalue weighted by molar-refractivity contribution is -0.138. The number of aryl methyl sites for hydroxylation is 3. The number of aliphatic carboxylic acids is 3. The first-order valence-electron chi connectivity index (χ1n) is 33.3. The van der Waals surface area contributed by atoms with Crippen molar-refractivity contribution in [2.24, 2.45) is 15.5 Å². The summed E-state index contributed by atoms with van der Waals surface area (Å²) in [6, 6.07) is 73.3. The van der Waals surface area contributed by atoms with E-state index < -0.39 is 29.7 Å². The number of aromatic nitrogens is 1. The summed E-state index contributed by atoms with van der Waals surface area (Å²) in [6.45, 7) is 5.48. The maximum absolute atomic E-state index is 11.1. The van der Waals surface area contributed by atoms with E-state index in [1.165, 1.54) is 21.3 Å². The van der Waals surface area contributed by atoms with Gasteiger partial charge in [-0.3, -0.25) is 14.4 Å². The molecule has 544 valence electrons. The molecule has 106 heavy (non-hydrogen) atoms. The topological polar surface area (TPSA) is 315 Å². The lowest BCUT2D eigenvalue weighted by Crippen LogP contribution is -2.13. The molecule has 1 heterocycles. The number of carboxylic acids is 3. The summed E-state index contributed by atoms with van der Waals surface area (Å²) < 4.78 is 45.7. The Morgan fingerprint density at radius 3 is 1.25 bits per heavy atom. The molecule has 0 radical (unpaired) electrons. The molecule has 0 saturated carbocycles. The Hall–Kier alpha value is -13.4. The number of hydrogen-bond donors (Lipinski definition) is 3.